The van der Waals surface area contributed by atoms with Gasteiger partial charge < -0.3 is 5.32 Å². The number of hydrogen-bond acceptors (Lipinski definition) is 1. The van der Waals surface area contributed by atoms with Gasteiger partial charge in [-0.3, -0.25) is 0 Å². The summed E-state index contributed by atoms with van der Waals surface area (Å²) in [5.41, 5.74) is 1.24. The van der Waals surface area contributed by atoms with Gasteiger partial charge in [0.05, 0.1) is 0 Å². The van der Waals surface area contributed by atoms with Crippen molar-refractivity contribution in [1.82, 2.24) is 5.32 Å². The zero-order valence-electron chi connectivity index (χ0n) is 9.28. The fourth-order valence-electron chi connectivity index (χ4n) is 4.25. The molecule has 1 N–H and O–H groups in total. The Morgan fingerprint density at radius 2 is 0.929 bits per heavy atom. The maximum atomic E-state index is 4.01. The van der Waals surface area contributed by atoms with Gasteiger partial charge >= 0.3 is 0 Å². The lowest BCUT2D eigenvalue weighted by atomic mass is 9.60. The van der Waals surface area contributed by atoms with E-state index in [9.17, 15) is 0 Å². The van der Waals surface area contributed by atoms with Crippen molar-refractivity contribution in [2.75, 3.05) is 0 Å². The molecule has 1 heterocycles. The molecule has 2 spiro atoms. The van der Waals surface area contributed by atoms with E-state index in [1.165, 1.54) is 70.6 Å². The highest BCUT2D eigenvalue weighted by atomic mass is 15.1. The zero-order valence-corrected chi connectivity index (χ0v) is 9.28. The van der Waals surface area contributed by atoms with E-state index in [4.69, 9.17) is 0 Å². The molecule has 0 radical (unpaired) electrons. The van der Waals surface area contributed by atoms with E-state index in [1.807, 2.05) is 0 Å². The van der Waals surface area contributed by atoms with Gasteiger partial charge in [0.25, 0.3) is 0 Å². The summed E-state index contributed by atoms with van der Waals surface area (Å²) in [5, 5.41) is 4.01. The van der Waals surface area contributed by atoms with Gasteiger partial charge in [-0.05, 0) is 32.1 Å². The van der Waals surface area contributed by atoms with E-state index in [0.29, 0.717) is 11.1 Å². The molecule has 3 aliphatic rings. The molecule has 0 aromatic heterocycles. The van der Waals surface area contributed by atoms with Gasteiger partial charge in [-0.15, -0.1) is 0 Å². The minimum atomic E-state index is 0.621. The highest BCUT2D eigenvalue weighted by Crippen LogP contribution is 2.49. The number of nitrogens with one attached hydrogen (secondary N) is 1. The SMILES string of the molecule is C1CCC2(CC1)CC1(CCCCC1)N2. The van der Waals surface area contributed by atoms with Crippen molar-refractivity contribution >= 4 is 0 Å². The van der Waals surface area contributed by atoms with E-state index >= 15 is 0 Å². The maximum Gasteiger partial charge on any atom is 0.0204 e. The standard InChI is InChI=1S/C13H23N/c1-3-7-12(8-4-1)11-13(14-12)9-5-2-6-10-13/h14H,1-11H2. The minimum absolute atomic E-state index is 0.621. The van der Waals surface area contributed by atoms with Crippen molar-refractivity contribution in [3.8, 4) is 0 Å². The van der Waals surface area contributed by atoms with Crippen LogP contribution in [0.5, 0.6) is 0 Å². The fourth-order valence-corrected chi connectivity index (χ4v) is 4.25. The smallest absolute Gasteiger partial charge is 0.0204 e. The average molecular weight is 193 g/mol. The van der Waals surface area contributed by atoms with Crippen LogP contribution in [0.3, 0.4) is 0 Å². The Hall–Kier alpha value is -0.0400. The molecule has 1 nitrogen and oxygen atoms in total. The summed E-state index contributed by atoms with van der Waals surface area (Å²) < 4.78 is 0. The van der Waals surface area contributed by atoms with Crippen LogP contribution >= 0.6 is 0 Å². The van der Waals surface area contributed by atoms with E-state index in [2.05, 4.69) is 5.32 Å². The van der Waals surface area contributed by atoms with E-state index in [1.54, 1.807) is 0 Å². The van der Waals surface area contributed by atoms with Crippen LogP contribution in [0.15, 0.2) is 0 Å². The first-order valence-corrected chi connectivity index (χ1v) is 6.62. The Bertz CT molecular complexity index is 177. The summed E-state index contributed by atoms with van der Waals surface area (Å²) in [6.45, 7) is 0. The predicted molar refractivity (Wildman–Crippen MR) is 59.4 cm³/mol. The van der Waals surface area contributed by atoms with E-state index in [-0.39, 0.29) is 0 Å². The highest BCUT2D eigenvalue weighted by Gasteiger charge is 2.53. The van der Waals surface area contributed by atoms with Crippen molar-refractivity contribution in [1.29, 1.82) is 0 Å². The third-order valence-corrected chi connectivity index (χ3v) is 4.83. The van der Waals surface area contributed by atoms with Gasteiger partial charge in [0.2, 0.25) is 0 Å². The van der Waals surface area contributed by atoms with Gasteiger partial charge in [0.15, 0.2) is 0 Å². The fraction of sp³-hybridized carbons (Fsp3) is 1.00. The third kappa shape index (κ3) is 1.41. The second kappa shape index (κ2) is 3.23. The van der Waals surface area contributed by atoms with Crippen LogP contribution in [-0.4, -0.2) is 11.1 Å². The zero-order chi connectivity index (χ0) is 9.49. The quantitative estimate of drug-likeness (QED) is 0.622. The Kier molecular flexibility index (Phi) is 2.12. The monoisotopic (exact) mass is 193 g/mol. The van der Waals surface area contributed by atoms with Gasteiger partial charge in [-0.1, -0.05) is 38.5 Å². The molecule has 3 rings (SSSR count). The molecule has 0 aromatic rings. The summed E-state index contributed by atoms with van der Waals surface area (Å²) in [7, 11) is 0. The van der Waals surface area contributed by atoms with Crippen LogP contribution in [0.25, 0.3) is 0 Å². The normalized spacial score (nSPS) is 34.3. The van der Waals surface area contributed by atoms with E-state index < -0.39 is 0 Å². The molecule has 0 unspecified atom stereocenters. The molecule has 1 aliphatic heterocycles. The first kappa shape index (κ1) is 9.21. The van der Waals surface area contributed by atoms with Gasteiger partial charge in [-0.2, -0.15) is 0 Å². The summed E-state index contributed by atoms with van der Waals surface area (Å²) >= 11 is 0. The second-order valence-electron chi connectivity index (χ2n) is 5.98. The first-order chi connectivity index (χ1) is 6.83. The first-order valence-electron chi connectivity index (χ1n) is 6.62. The molecule has 0 amide bonds. The average Bonchev–Trinajstić information content (AvgIpc) is 2.18. The molecular formula is C13H23N. The highest BCUT2D eigenvalue weighted by molar-refractivity contribution is 5.13. The van der Waals surface area contributed by atoms with Crippen LogP contribution in [-0.2, 0) is 0 Å². The second-order valence-corrected chi connectivity index (χ2v) is 5.98. The van der Waals surface area contributed by atoms with Crippen LogP contribution < -0.4 is 5.32 Å². The van der Waals surface area contributed by atoms with Crippen LogP contribution in [0.2, 0.25) is 0 Å². The Balaban J connectivity index is 1.62. The third-order valence-electron chi connectivity index (χ3n) is 4.83. The molecule has 1 heteroatoms. The number of rotatable bonds is 0. The number of hydrogen-bond donors (Lipinski definition) is 1. The molecule has 2 saturated carbocycles. The lowest BCUT2D eigenvalue weighted by molar-refractivity contribution is -0.0110. The predicted octanol–water partition coefficient (Wildman–Crippen LogP) is 3.39. The maximum absolute atomic E-state index is 4.01. The topological polar surface area (TPSA) is 12.0 Å². The Morgan fingerprint density at radius 1 is 0.571 bits per heavy atom. The van der Waals surface area contributed by atoms with Gasteiger partial charge in [-0.25, -0.2) is 0 Å². The summed E-state index contributed by atoms with van der Waals surface area (Å²) in [5.74, 6) is 0. The van der Waals surface area contributed by atoms with Crippen LogP contribution in [0.1, 0.15) is 70.6 Å². The molecule has 1 saturated heterocycles. The van der Waals surface area contributed by atoms with Gasteiger partial charge in [0.1, 0.15) is 0 Å². The van der Waals surface area contributed by atoms with Crippen LogP contribution in [0, 0.1) is 0 Å². The molecule has 3 fully saturated rings. The van der Waals surface area contributed by atoms with Crippen molar-refractivity contribution < 1.29 is 0 Å². The molecule has 0 atom stereocenters. The Labute approximate surface area is 87.7 Å². The molecule has 0 aromatic carbocycles. The Morgan fingerprint density at radius 3 is 1.29 bits per heavy atom. The summed E-state index contributed by atoms with van der Waals surface area (Å²) in [6, 6.07) is 0. The van der Waals surface area contributed by atoms with E-state index in [0.717, 1.165) is 0 Å². The molecule has 2 aliphatic carbocycles. The summed E-state index contributed by atoms with van der Waals surface area (Å²) in [6.07, 6.45) is 16.2. The summed E-state index contributed by atoms with van der Waals surface area (Å²) in [4.78, 5) is 0. The minimum Gasteiger partial charge on any atom is -0.306 e. The van der Waals surface area contributed by atoms with Crippen molar-refractivity contribution in [3.63, 3.8) is 0 Å². The largest absolute Gasteiger partial charge is 0.306 e. The molecule has 14 heavy (non-hydrogen) atoms. The lowest BCUT2D eigenvalue weighted by Gasteiger charge is -2.61. The lowest BCUT2D eigenvalue weighted by Crippen LogP contribution is -2.72. The van der Waals surface area contributed by atoms with Crippen molar-refractivity contribution in [2.24, 2.45) is 0 Å². The molecular weight excluding hydrogens is 170 g/mol. The van der Waals surface area contributed by atoms with Crippen LogP contribution in [0.4, 0.5) is 0 Å². The molecule has 0 bridgehead atoms. The molecule has 80 valence electrons. The van der Waals surface area contributed by atoms with Gasteiger partial charge in [0, 0.05) is 11.1 Å². The van der Waals surface area contributed by atoms with Crippen molar-refractivity contribution in [2.45, 2.75) is 81.7 Å². The van der Waals surface area contributed by atoms with Crippen molar-refractivity contribution in [3.05, 3.63) is 0 Å².